The minimum atomic E-state index is -0.791. The number of aliphatic carboxylic acids is 1. The third-order valence-corrected chi connectivity index (χ3v) is 3.67. The van der Waals surface area contributed by atoms with Crippen molar-refractivity contribution in [2.24, 2.45) is 0 Å². The summed E-state index contributed by atoms with van der Waals surface area (Å²) in [6.07, 6.45) is 4.96. The van der Waals surface area contributed by atoms with Crippen LogP contribution < -0.4 is 5.32 Å². The highest BCUT2D eigenvalue weighted by atomic mass is 16.5. The Kier molecular flexibility index (Phi) is 7.34. The average Bonchev–Trinajstić information content (AvgIpc) is 2.41. The van der Waals surface area contributed by atoms with E-state index in [1.54, 1.807) is 7.11 Å². The first-order valence-corrected chi connectivity index (χ1v) is 7.23. The quantitative estimate of drug-likeness (QED) is 0.627. The predicted octanol–water partition coefficient (Wildman–Crippen LogP) is 1.81. The molecule has 2 N–H and O–H groups in total. The average molecular weight is 273 g/mol. The van der Waals surface area contributed by atoms with Crippen molar-refractivity contribution in [1.82, 2.24) is 5.32 Å². The van der Waals surface area contributed by atoms with E-state index in [9.17, 15) is 9.90 Å². The Hall–Kier alpha value is -0.650. The van der Waals surface area contributed by atoms with Crippen LogP contribution in [0.15, 0.2) is 0 Å². The molecule has 112 valence electrons. The number of methoxy groups -OCH3 is 1. The molecular weight excluding hydrogens is 246 g/mol. The first kappa shape index (κ1) is 16.4. The van der Waals surface area contributed by atoms with Crippen molar-refractivity contribution >= 4 is 5.97 Å². The molecule has 0 radical (unpaired) electrons. The molecular formula is C14H27NO4. The maximum absolute atomic E-state index is 11.6. The van der Waals surface area contributed by atoms with Crippen molar-refractivity contribution in [2.45, 2.75) is 57.1 Å². The minimum Gasteiger partial charge on any atom is -0.480 e. The van der Waals surface area contributed by atoms with E-state index >= 15 is 0 Å². The molecule has 0 aromatic heterocycles. The standard InChI is InChI=1S/C14H27NO4/c1-3-8-15-14(13(16)17)7-4-6-12(11-14)19-10-5-9-18-2/h12,15H,3-11H2,1-2H3,(H,16,17). The first-order valence-electron chi connectivity index (χ1n) is 7.23. The monoisotopic (exact) mass is 273 g/mol. The van der Waals surface area contributed by atoms with Gasteiger partial charge in [0.05, 0.1) is 6.10 Å². The van der Waals surface area contributed by atoms with E-state index in [0.29, 0.717) is 26.1 Å². The molecule has 1 aliphatic rings. The highest BCUT2D eigenvalue weighted by molar-refractivity contribution is 5.79. The fourth-order valence-electron chi connectivity index (χ4n) is 2.61. The summed E-state index contributed by atoms with van der Waals surface area (Å²) in [7, 11) is 1.67. The highest BCUT2D eigenvalue weighted by Gasteiger charge is 2.42. The second-order valence-corrected chi connectivity index (χ2v) is 5.25. The van der Waals surface area contributed by atoms with Gasteiger partial charge in [-0.25, -0.2) is 0 Å². The van der Waals surface area contributed by atoms with E-state index in [4.69, 9.17) is 9.47 Å². The molecule has 5 nitrogen and oxygen atoms in total. The molecule has 0 aromatic carbocycles. The van der Waals surface area contributed by atoms with Crippen LogP contribution in [0.4, 0.5) is 0 Å². The van der Waals surface area contributed by atoms with Gasteiger partial charge in [0.2, 0.25) is 0 Å². The number of hydrogen-bond acceptors (Lipinski definition) is 4. The van der Waals surface area contributed by atoms with Crippen molar-refractivity contribution in [2.75, 3.05) is 26.9 Å². The third-order valence-electron chi connectivity index (χ3n) is 3.67. The molecule has 0 amide bonds. The molecule has 2 atom stereocenters. The molecule has 1 fully saturated rings. The summed E-state index contributed by atoms with van der Waals surface area (Å²) in [4.78, 5) is 11.6. The summed E-state index contributed by atoms with van der Waals surface area (Å²) in [5, 5.41) is 12.7. The first-order chi connectivity index (χ1) is 9.14. The van der Waals surface area contributed by atoms with E-state index in [-0.39, 0.29) is 6.10 Å². The Bertz CT molecular complexity index is 272. The SMILES string of the molecule is CCCNC1(C(=O)O)CCCC(OCCCOC)C1. The molecule has 0 heterocycles. The lowest BCUT2D eigenvalue weighted by molar-refractivity contribution is -0.149. The van der Waals surface area contributed by atoms with Crippen LogP contribution in [0.25, 0.3) is 0 Å². The maximum Gasteiger partial charge on any atom is 0.323 e. The Morgan fingerprint density at radius 3 is 2.89 bits per heavy atom. The summed E-state index contributed by atoms with van der Waals surface area (Å²) >= 11 is 0. The highest BCUT2D eigenvalue weighted by Crippen LogP contribution is 2.30. The van der Waals surface area contributed by atoms with Crippen LogP contribution in [0.2, 0.25) is 0 Å². The number of carboxylic acid groups (broad SMARTS) is 1. The van der Waals surface area contributed by atoms with Crippen LogP contribution in [0, 0.1) is 0 Å². The summed E-state index contributed by atoms with van der Waals surface area (Å²) in [5.74, 6) is -0.744. The lowest BCUT2D eigenvalue weighted by Gasteiger charge is -2.38. The number of carbonyl (C=O) groups is 1. The third kappa shape index (κ3) is 5.09. The topological polar surface area (TPSA) is 67.8 Å². The minimum absolute atomic E-state index is 0.0473. The summed E-state index contributed by atoms with van der Waals surface area (Å²) < 4.78 is 10.8. The smallest absolute Gasteiger partial charge is 0.323 e. The fourth-order valence-corrected chi connectivity index (χ4v) is 2.61. The normalized spacial score (nSPS) is 27.4. The van der Waals surface area contributed by atoms with Gasteiger partial charge in [-0.15, -0.1) is 0 Å². The van der Waals surface area contributed by atoms with Gasteiger partial charge in [0.15, 0.2) is 0 Å². The molecule has 0 bridgehead atoms. The van der Waals surface area contributed by atoms with Crippen molar-refractivity contribution in [3.8, 4) is 0 Å². The van der Waals surface area contributed by atoms with Crippen molar-refractivity contribution in [3.63, 3.8) is 0 Å². The van der Waals surface area contributed by atoms with Gasteiger partial charge in [-0.3, -0.25) is 4.79 Å². The van der Waals surface area contributed by atoms with Crippen LogP contribution in [-0.4, -0.2) is 49.6 Å². The van der Waals surface area contributed by atoms with Gasteiger partial charge in [0, 0.05) is 26.7 Å². The molecule has 0 spiro atoms. The summed E-state index contributed by atoms with van der Waals surface area (Å²) in [5.41, 5.74) is -0.791. The van der Waals surface area contributed by atoms with Crippen molar-refractivity contribution in [3.05, 3.63) is 0 Å². The van der Waals surface area contributed by atoms with E-state index in [1.165, 1.54) is 0 Å². The second kappa shape index (κ2) is 8.51. The Balaban J connectivity index is 2.46. The van der Waals surface area contributed by atoms with Crippen LogP contribution in [0.5, 0.6) is 0 Å². The second-order valence-electron chi connectivity index (χ2n) is 5.25. The zero-order valence-corrected chi connectivity index (χ0v) is 12.1. The molecule has 0 saturated heterocycles. The largest absolute Gasteiger partial charge is 0.480 e. The molecule has 5 heteroatoms. The maximum atomic E-state index is 11.6. The molecule has 0 aliphatic heterocycles. The van der Waals surface area contributed by atoms with Gasteiger partial charge in [0.1, 0.15) is 5.54 Å². The predicted molar refractivity (Wildman–Crippen MR) is 73.4 cm³/mol. The molecule has 0 aromatic rings. The number of hydrogen-bond donors (Lipinski definition) is 2. The van der Waals surface area contributed by atoms with Gasteiger partial charge in [0.25, 0.3) is 0 Å². The Morgan fingerprint density at radius 1 is 1.47 bits per heavy atom. The number of carboxylic acids is 1. The van der Waals surface area contributed by atoms with Gasteiger partial charge < -0.3 is 19.9 Å². The van der Waals surface area contributed by atoms with Gasteiger partial charge >= 0.3 is 5.97 Å². The fraction of sp³-hybridized carbons (Fsp3) is 0.929. The van der Waals surface area contributed by atoms with Crippen LogP contribution in [-0.2, 0) is 14.3 Å². The molecule has 1 aliphatic carbocycles. The zero-order chi connectivity index (χ0) is 14.1. The lowest BCUT2D eigenvalue weighted by atomic mass is 9.80. The zero-order valence-electron chi connectivity index (χ0n) is 12.1. The Labute approximate surface area is 115 Å². The molecule has 2 unspecified atom stereocenters. The van der Waals surface area contributed by atoms with Gasteiger partial charge in [-0.2, -0.15) is 0 Å². The number of ether oxygens (including phenoxy) is 2. The van der Waals surface area contributed by atoms with Gasteiger partial charge in [-0.05, 0) is 38.6 Å². The van der Waals surface area contributed by atoms with Crippen LogP contribution >= 0.6 is 0 Å². The summed E-state index contributed by atoms with van der Waals surface area (Å²) in [6.45, 7) is 4.11. The molecule has 1 rings (SSSR count). The number of nitrogens with one attached hydrogen (secondary N) is 1. The number of rotatable bonds is 9. The van der Waals surface area contributed by atoms with Crippen LogP contribution in [0.1, 0.15) is 45.4 Å². The van der Waals surface area contributed by atoms with Crippen LogP contribution in [0.3, 0.4) is 0 Å². The molecule has 1 saturated carbocycles. The van der Waals surface area contributed by atoms with E-state index in [0.717, 1.165) is 32.2 Å². The summed E-state index contributed by atoms with van der Waals surface area (Å²) in [6, 6.07) is 0. The van der Waals surface area contributed by atoms with Gasteiger partial charge in [-0.1, -0.05) is 6.92 Å². The van der Waals surface area contributed by atoms with Crippen molar-refractivity contribution in [1.29, 1.82) is 0 Å². The lowest BCUT2D eigenvalue weighted by Crippen LogP contribution is -2.56. The molecule has 19 heavy (non-hydrogen) atoms. The Morgan fingerprint density at radius 2 is 2.26 bits per heavy atom. The van der Waals surface area contributed by atoms with E-state index < -0.39 is 11.5 Å². The van der Waals surface area contributed by atoms with E-state index in [2.05, 4.69) is 5.32 Å². The van der Waals surface area contributed by atoms with E-state index in [1.807, 2.05) is 6.92 Å². The van der Waals surface area contributed by atoms with Crippen molar-refractivity contribution < 1.29 is 19.4 Å².